The second-order valence-corrected chi connectivity index (χ2v) is 5.94. The van der Waals surface area contributed by atoms with Gasteiger partial charge in [-0.2, -0.15) is 5.10 Å². The van der Waals surface area contributed by atoms with Crippen LogP contribution in [0.3, 0.4) is 0 Å². The Kier molecular flexibility index (Phi) is 3.52. The Bertz CT molecular complexity index is 398. The molecule has 1 fully saturated rings. The van der Waals surface area contributed by atoms with E-state index in [2.05, 4.69) is 31.0 Å². The van der Waals surface area contributed by atoms with Crippen LogP contribution in [0.4, 0.5) is 10.2 Å². The summed E-state index contributed by atoms with van der Waals surface area (Å²) in [5.74, 6) is 0.734. The second-order valence-electron chi connectivity index (χ2n) is 5.94. The number of nitrogens with two attached hydrogens (primary N) is 1. The lowest BCUT2D eigenvalue weighted by Gasteiger charge is -2.33. The fourth-order valence-corrected chi connectivity index (χ4v) is 2.02. The lowest BCUT2D eigenvalue weighted by atomic mass is 9.92. The highest BCUT2D eigenvalue weighted by Crippen LogP contribution is 2.22. The van der Waals surface area contributed by atoms with Gasteiger partial charge in [0.15, 0.2) is 5.82 Å². The zero-order valence-corrected chi connectivity index (χ0v) is 11.2. The average molecular weight is 252 g/mol. The molecule has 1 aliphatic rings. The number of anilines is 1. The summed E-state index contributed by atoms with van der Waals surface area (Å²) in [5.41, 5.74) is 6.59. The third kappa shape index (κ3) is 2.77. The molecule has 0 bridgehead atoms. The number of nitrogens with zero attached hydrogens (tertiary/aromatic N) is 3. The Morgan fingerprint density at radius 1 is 1.33 bits per heavy atom. The van der Waals surface area contributed by atoms with Crippen molar-refractivity contribution in [2.45, 2.75) is 44.8 Å². The van der Waals surface area contributed by atoms with E-state index in [1.54, 1.807) is 0 Å². The van der Waals surface area contributed by atoms with Crippen LogP contribution < -0.4 is 10.6 Å². The minimum Gasteiger partial charge on any atom is -0.352 e. The summed E-state index contributed by atoms with van der Waals surface area (Å²) in [6.45, 7) is 7.33. The smallest absolute Gasteiger partial charge is 0.151 e. The average Bonchev–Trinajstić information content (AvgIpc) is 2.32. The van der Waals surface area contributed by atoms with Crippen molar-refractivity contribution < 1.29 is 4.39 Å². The maximum atomic E-state index is 13.6. The maximum absolute atomic E-state index is 13.6. The predicted octanol–water partition coefficient (Wildman–Crippen LogP) is 1.65. The molecule has 0 unspecified atom stereocenters. The van der Waals surface area contributed by atoms with E-state index in [1.165, 1.54) is 0 Å². The highest BCUT2D eigenvalue weighted by molar-refractivity contribution is 5.39. The molecule has 2 rings (SSSR count). The van der Waals surface area contributed by atoms with Gasteiger partial charge in [-0.3, -0.25) is 0 Å². The molecule has 2 atom stereocenters. The minimum atomic E-state index is -0.983. The monoisotopic (exact) mass is 252 g/mol. The van der Waals surface area contributed by atoms with Crippen molar-refractivity contribution >= 4 is 5.82 Å². The number of alkyl halides is 1. The summed E-state index contributed by atoms with van der Waals surface area (Å²) in [6.07, 6.45) is -0.327. The molecular formula is C13H21FN4. The summed E-state index contributed by atoms with van der Waals surface area (Å²) in [6, 6.07) is 3.53. The van der Waals surface area contributed by atoms with E-state index in [4.69, 9.17) is 5.73 Å². The third-order valence-corrected chi connectivity index (χ3v) is 3.33. The van der Waals surface area contributed by atoms with E-state index in [0.717, 1.165) is 18.1 Å². The van der Waals surface area contributed by atoms with Crippen LogP contribution in [0.2, 0.25) is 0 Å². The lowest BCUT2D eigenvalue weighted by Crippen LogP contribution is -2.49. The van der Waals surface area contributed by atoms with Crippen LogP contribution in [0.1, 0.15) is 32.9 Å². The van der Waals surface area contributed by atoms with Crippen LogP contribution in [0.25, 0.3) is 0 Å². The first-order valence-electron chi connectivity index (χ1n) is 6.37. The molecule has 5 heteroatoms. The third-order valence-electron chi connectivity index (χ3n) is 3.33. The minimum absolute atomic E-state index is 0.0155. The van der Waals surface area contributed by atoms with Gasteiger partial charge in [0.1, 0.15) is 6.17 Å². The molecule has 2 N–H and O–H groups in total. The van der Waals surface area contributed by atoms with Gasteiger partial charge in [-0.05, 0) is 18.6 Å². The van der Waals surface area contributed by atoms with Crippen LogP contribution in [0.15, 0.2) is 12.1 Å². The maximum Gasteiger partial charge on any atom is 0.151 e. The first kappa shape index (κ1) is 13.2. The Balaban J connectivity index is 2.11. The van der Waals surface area contributed by atoms with E-state index >= 15 is 0 Å². The molecule has 100 valence electrons. The summed E-state index contributed by atoms with van der Waals surface area (Å²) in [7, 11) is 0. The van der Waals surface area contributed by atoms with Crippen molar-refractivity contribution in [1.82, 2.24) is 10.2 Å². The van der Waals surface area contributed by atoms with Crippen LogP contribution in [-0.2, 0) is 5.41 Å². The van der Waals surface area contributed by atoms with Crippen LogP contribution >= 0.6 is 0 Å². The first-order valence-corrected chi connectivity index (χ1v) is 6.37. The molecule has 0 amide bonds. The lowest BCUT2D eigenvalue weighted by molar-refractivity contribution is 0.250. The predicted molar refractivity (Wildman–Crippen MR) is 70.4 cm³/mol. The quantitative estimate of drug-likeness (QED) is 0.825. The van der Waals surface area contributed by atoms with E-state index in [1.807, 2.05) is 17.0 Å². The number of rotatable bonds is 1. The Morgan fingerprint density at radius 2 is 2.06 bits per heavy atom. The Hall–Kier alpha value is -1.23. The number of aromatic nitrogens is 2. The van der Waals surface area contributed by atoms with Gasteiger partial charge in [0.2, 0.25) is 0 Å². The van der Waals surface area contributed by atoms with Crippen molar-refractivity contribution in [3.05, 3.63) is 17.8 Å². The zero-order valence-electron chi connectivity index (χ0n) is 11.2. The Morgan fingerprint density at radius 3 is 2.56 bits per heavy atom. The van der Waals surface area contributed by atoms with Crippen molar-refractivity contribution in [2.24, 2.45) is 5.73 Å². The van der Waals surface area contributed by atoms with Crippen molar-refractivity contribution in [3.8, 4) is 0 Å². The van der Waals surface area contributed by atoms with Gasteiger partial charge in [0, 0.05) is 18.0 Å². The molecule has 4 nitrogen and oxygen atoms in total. The molecular weight excluding hydrogens is 231 g/mol. The highest BCUT2D eigenvalue weighted by atomic mass is 19.1. The molecule has 1 aliphatic heterocycles. The molecule has 1 aromatic heterocycles. The summed E-state index contributed by atoms with van der Waals surface area (Å²) in [5, 5.41) is 8.42. The van der Waals surface area contributed by atoms with Gasteiger partial charge in [-0.25, -0.2) is 4.39 Å². The number of halogens is 1. The van der Waals surface area contributed by atoms with Gasteiger partial charge in [-0.15, -0.1) is 5.10 Å². The van der Waals surface area contributed by atoms with Gasteiger partial charge in [0.25, 0.3) is 0 Å². The van der Waals surface area contributed by atoms with E-state index < -0.39 is 6.17 Å². The van der Waals surface area contributed by atoms with Crippen LogP contribution in [-0.4, -0.2) is 35.5 Å². The molecule has 2 heterocycles. The number of hydrogen-bond donors (Lipinski definition) is 1. The fourth-order valence-electron chi connectivity index (χ4n) is 2.02. The van der Waals surface area contributed by atoms with Crippen molar-refractivity contribution in [3.63, 3.8) is 0 Å². The largest absolute Gasteiger partial charge is 0.352 e. The topological polar surface area (TPSA) is 55.0 Å². The Labute approximate surface area is 107 Å². The second kappa shape index (κ2) is 4.80. The van der Waals surface area contributed by atoms with E-state index in [0.29, 0.717) is 13.0 Å². The highest BCUT2D eigenvalue weighted by Gasteiger charge is 2.27. The molecule has 1 aromatic rings. The van der Waals surface area contributed by atoms with E-state index in [9.17, 15) is 4.39 Å². The number of hydrogen-bond acceptors (Lipinski definition) is 4. The molecule has 0 radical (unpaired) electrons. The fraction of sp³-hybridized carbons (Fsp3) is 0.692. The first-order chi connectivity index (χ1) is 8.38. The normalized spacial score (nSPS) is 25.3. The summed E-state index contributed by atoms with van der Waals surface area (Å²) >= 11 is 0. The van der Waals surface area contributed by atoms with Gasteiger partial charge >= 0.3 is 0 Å². The SMILES string of the molecule is CC(C)(C)c1ccc(N2CC[C@@H](N)[C@@H](F)C2)nn1. The van der Waals surface area contributed by atoms with Crippen LogP contribution in [0, 0.1) is 0 Å². The molecule has 18 heavy (non-hydrogen) atoms. The molecule has 1 saturated heterocycles. The van der Waals surface area contributed by atoms with Crippen molar-refractivity contribution in [1.29, 1.82) is 0 Å². The molecule has 0 aliphatic carbocycles. The van der Waals surface area contributed by atoms with Gasteiger partial charge in [0.05, 0.1) is 12.2 Å². The van der Waals surface area contributed by atoms with Crippen LogP contribution in [0.5, 0.6) is 0 Å². The number of piperidine rings is 1. The summed E-state index contributed by atoms with van der Waals surface area (Å²) in [4.78, 5) is 1.91. The van der Waals surface area contributed by atoms with Crippen molar-refractivity contribution in [2.75, 3.05) is 18.0 Å². The van der Waals surface area contributed by atoms with Gasteiger partial charge < -0.3 is 10.6 Å². The standard InChI is InChI=1S/C13H21FN4/c1-13(2,3)11-4-5-12(17-16-11)18-7-6-10(15)9(14)8-18/h4-5,9-10H,6-8,15H2,1-3H3/t9-,10+/m0/s1. The van der Waals surface area contributed by atoms with E-state index in [-0.39, 0.29) is 11.5 Å². The zero-order chi connectivity index (χ0) is 13.3. The molecule has 0 saturated carbocycles. The van der Waals surface area contributed by atoms with Gasteiger partial charge in [-0.1, -0.05) is 20.8 Å². The summed E-state index contributed by atoms with van der Waals surface area (Å²) < 4.78 is 13.6. The molecule has 0 spiro atoms. The molecule has 0 aromatic carbocycles.